The summed E-state index contributed by atoms with van der Waals surface area (Å²) in [6, 6.07) is 0.320. The van der Waals surface area contributed by atoms with Crippen molar-refractivity contribution < 1.29 is 4.79 Å². The average Bonchev–Trinajstić information content (AvgIpc) is 2.18. The van der Waals surface area contributed by atoms with E-state index in [1.165, 1.54) is 0 Å². The predicted molar refractivity (Wildman–Crippen MR) is 62.5 cm³/mol. The van der Waals surface area contributed by atoms with Gasteiger partial charge in [0.1, 0.15) is 0 Å². The van der Waals surface area contributed by atoms with Crippen molar-refractivity contribution in [3.05, 3.63) is 12.2 Å². The second kappa shape index (κ2) is 5.44. The zero-order valence-electron chi connectivity index (χ0n) is 8.86. The van der Waals surface area contributed by atoms with Gasteiger partial charge in [-0.15, -0.1) is 0 Å². The number of amides is 1. The lowest BCUT2D eigenvalue weighted by Gasteiger charge is -2.22. The maximum Gasteiger partial charge on any atom is 0.233 e. The van der Waals surface area contributed by atoms with E-state index >= 15 is 0 Å². The molecule has 1 aliphatic rings. The topological polar surface area (TPSA) is 29.1 Å². The van der Waals surface area contributed by atoms with Crippen molar-refractivity contribution in [3.63, 3.8) is 0 Å². The Morgan fingerprint density at radius 1 is 1.50 bits per heavy atom. The molecule has 1 N–H and O–H groups in total. The molecule has 0 spiro atoms. The molecule has 1 aliphatic carbocycles. The molecule has 0 saturated heterocycles. The van der Waals surface area contributed by atoms with Gasteiger partial charge in [-0.3, -0.25) is 4.79 Å². The zero-order valence-corrected chi connectivity index (χ0v) is 9.76. The molecule has 0 aromatic heterocycles. The summed E-state index contributed by atoms with van der Waals surface area (Å²) in [4.78, 5) is 11.6. The molecule has 0 aliphatic heterocycles. The molecule has 1 amide bonds. The van der Waals surface area contributed by atoms with Crippen LogP contribution >= 0.6 is 12.6 Å². The van der Waals surface area contributed by atoms with Crippen LogP contribution in [0.15, 0.2) is 12.2 Å². The monoisotopic (exact) mass is 213 g/mol. The summed E-state index contributed by atoms with van der Waals surface area (Å²) in [7, 11) is 0. The molecule has 2 unspecified atom stereocenters. The first-order valence-electron chi connectivity index (χ1n) is 5.24. The highest BCUT2D eigenvalue weighted by atomic mass is 32.1. The van der Waals surface area contributed by atoms with Crippen molar-refractivity contribution in [2.45, 2.75) is 44.4 Å². The number of nitrogens with one attached hydrogen (secondary N) is 1. The quantitative estimate of drug-likeness (QED) is 0.546. The molecule has 0 aromatic carbocycles. The van der Waals surface area contributed by atoms with Crippen molar-refractivity contribution in [3.8, 4) is 0 Å². The van der Waals surface area contributed by atoms with Crippen LogP contribution in [0.3, 0.4) is 0 Å². The van der Waals surface area contributed by atoms with Crippen molar-refractivity contribution in [1.29, 1.82) is 0 Å². The third-order valence-electron chi connectivity index (χ3n) is 2.52. The maximum atomic E-state index is 11.6. The number of carbonyl (C=O) groups excluding carboxylic acids is 1. The van der Waals surface area contributed by atoms with Gasteiger partial charge in [-0.1, -0.05) is 26.0 Å². The molecule has 14 heavy (non-hydrogen) atoms. The van der Waals surface area contributed by atoms with Crippen LogP contribution in [0.25, 0.3) is 0 Å². The van der Waals surface area contributed by atoms with Gasteiger partial charge in [-0.05, 0) is 25.2 Å². The van der Waals surface area contributed by atoms with Crippen LogP contribution in [-0.2, 0) is 4.79 Å². The fourth-order valence-electron chi connectivity index (χ4n) is 1.51. The van der Waals surface area contributed by atoms with Gasteiger partial charge in [-0.25, -0.2) is 0 Å². The standard InChI is InChI=1S/C11H19NOS/c1-8(2)10(14)11(13)12-9-6-4-3-5-7-9/h3-4,8-10,14H,5-7H2,1-2H3,(H,12,13). The highest BCUT2D eigenvalue weighted by Crippen LogP contribution is 2.13. The molecule has 2 nitrogen and oxygen atoms in total. The Hall–Kier alpha value is -0.440. The van der Waals surface area contributed by atoms with Gasteiger partial charge in [-0.2, -0.15) is 12.6 Å². The van der Waals surface area contributed by atoms with Crippen LogP contribution in [0.2, 0.25) is 0 Å². The highest BCUT2D eigenvalue weighted by Gasteiger charge is 2.20. The third kappa shape index (κ3) is 3.37. The average molecular weight is 213 g/mol. The van der Waals surface area contributed by atoms with Gasteiger partial charge in [0.2, 0.25) is 5.91 Å². The lowest BCUT2D eigenvalue weighted by molar-refractivity contribution is -0.121. The van der Waals surface area contributed by atoms with Gasteiger partial charge in [0.15, 0.2) is 0 Å². The van der Waals surface area contributed by atoms with Crippen LogP contribution in [-0.4, -0.2) is 17.2 Å². The minimum atomic E-state index is -0.180. The van der Waals surface area contributed by atoms with E-state index in [9.17, 15) is 4.79 Å². The fourth-order valence-corrected chi connectivity index (χ4v) is 1.59. The number of thiol groups is 1. The lowest BCUT2D eigenvalue weighted by Crippen LogP contribution is -2.41. The summed E-state index contributed by atoms with van der Waals surface area (Å²) in [5, 5.41) is 2.85. The molecule has 0 aromatic rings. The van der Waals surface area contributed by atoms with E-state index < -0.39 is 0 Å². The molecule has 0 bridgehead atoms. The van der Waals surface area contributed by atoms with Crippen LogP contribution in [0.5, 0.6) is 0 Å². The summed E-state index contributed by atoms with van der Waals surface area (Å²) >= 11 is 4.29. The Morgan fingerprint density at radius 2 is 2.21 bits per heavy atom. The van der Waals surface area contributed by atoms with Gasteiger partial charge >= 0.3 is 0 Å². The summed E-state index contributed by atoms with van der Waals surface area (Å²) in [5.41, 5.74) is 0. The molecule has 2 atom stereocenters. The van der Waals surface area contributed by atoms with Crippen LogP contribution in [0, 0.1) is 5.92 Å². The molecule has 0 heterocycles. The number of hydrogen-bond donors (Lipinski definition) is 2. The molecular formula is C11H19NOS. The molecule has 3 heteroatoms. The summed E-state index contributed by atoms with van der Waals surface area (Å²) in [6.45, 7) is 4.02. The number of rotatable bonds is 3. The van der Waals surface area contributed by atoms with Crippen molar-refractivity contribution in [2.24, 2.45) is 5.92 Å². The Balaban J connectivity index is 2.36. The fraction of sp³-hybridized carbons (Fsp3) is 0.727. The van der Waals surface area contributed by atoms with E-state index in [0.29, 0.717) is 6.04 Å². The Bertz CT molecular complexity index is 225. The van der Waals surface area contributed by atoms with E-state index in [1.807, 2.05) is 13.8 Å². The minimum absolute atomic E-state index is 0.0728. The predicted octanol–water partition coefficient (Wildman–Crippen LogP) is 2.17. The van der Waals surface area contributed by atoms with Gasteiger partial charge in [0.25, 0.3) is 0 Å². The first-order valence-corrected chi connectivity index (χ1v) is 5.76. The van der Waals surface area contributed by atoms with Crippen molar-refractivity contribution in [2.75, 3.05) is 0 Å². The Kier molecular flexibility index (Phi) is 4.52. The number of allylic oxidation sites excluding steroid dienone is 1. The largest absolute Gasteiger partial charge is 0.352 e. The third-order valence-corrected chi connectivity index (χ3v) is 3.35. The zero-order chi connectivity index (χ0) is 10.6. The van der Waals surface area contributed by atoms with Gasteiger partial charge in [0.05, 0.1) is 5.25 Å². The van der Waals surface area contributed by atoms with E-state index in [2.05, 4.69) is 30.1 Å². The smallest absolute Gasteiger partial charge is 0.233 e. The van der Waals surface area contributed by atoms with Crippen LogP contribution in [0.1, 0.15) is 33.1 Å². The summed E-state index contributed by atoms with van der Waals surface area (Å²) in [6.07, 6.45) is 7.40. The Morgan fingerprint density at radius 3 is 2.71 bits per heavy atom. The normalized spacial score (nSPS) is 23.6. The van der Waals surface area contributed by atoms with Gasteiger partial charge < -0.3 is 5.32 Å². The van der Waals surface area contributed by atoms with E-state index in [0.717, 1.165) is 19.3 Å². The first-order chi connectivity index (χ1) is 6.61. The lowest BCUT2D eigenvalue weighted by atomic mass is 10.0. The van der Waals surface area contributed by atoms with Crippen molar-refractivity contribution >= 4 is 18.5 Å². The molecule has 80 valence electrons. The molecule has 1 rings (SSSR count). The second-order valence-electron chi connectivity index (χ2n) is 4.18. The first kappa shape index (κ1) is 11.6. The Labute approximate surface area is 91.6 Å². The van der Waals surface area contributed by atoms with Crippen LogP contribution < -0.4 is 5.32 Å². The minimum Gasteiger partial charge on any atom is -0.352 e. The SMILES string of the molecule is CC(C)C(S)C(=O)NC1CC=CCC1. The highest BCUT2D eigenvalue weighted by molar-refractivity contribution is 7.81. The number of hydrogen-bond acceptors (Lipinski definition) is 2. The summed E-state index contributed by atoms with van der Waals surface area (Å²) < 4.78 is 0. The van der Waals surface area contributed by atoms with E-state index in [1.54, 1.807) is 0 Å². The van der Waals surface area contributed by atoms with Crippen LogP contribution in [0.4, 0.5) is 0 Å². The van der Waals surface area contributed by atoms with Crippen molar-refractivity contribution in [1.82, 2.24) is 5.32 Å². The molecular weight excluding hydrogens is 194 g/mol. The molecule has 0 radical (unpaired) electrons. The molecule has 0 saturated carbocycles. The summed E-state index contributed by atoms with van der Waals surface area (Å²) in [5.74, 6) is 0.362. The van der Waals surface area contributed by atoms with Gasteiger partial charge in [0, 0.05) is 6.04 Å². The second-order valence-corrected chi connectivity index (χ2v) is 4.74. The molecule has 0 fully saturated rings. The number of carbonyl (C=O) groups is 1. The maximum absolute atomic E-state index is 11.6. The van der Waals surface area contributed by atoms with E-state index in [-0.39, 0.29) is 17.1 Å². The van der Waals surface area contributed by atoms with E-state index in [4.69, 9.17) is 0 Å².